The topological polar surface area (TPSA) is 101 Å². The predicted molar refractivity (Wildman–Crippen MR) is 127 cm³/mol. The summed E-state index contributed by atoms with van der Waals surface area (Å²) in [4.78, 5) is 29.1. The molecule has 1 heterocycles. The number of rotatable bonds is 12. The fourth-order valence-electron chi connectivity index (χ4n) is 3.02. The molecule has 0 aliphatic rings. The van der Waals surface area contributed by atoms with Gasteiger partial charge in [0.15, 0.2) is 0 Å². The second kappa shape index (κ2) is 12.2. The number of carbonyl (C=O) groups is 2. The van der Waals surface area contributed by atoms with Crippen molar-refractivity contribution in [3.63, 3.8) is 0 Å². The number of hydrogen-bond acceptors (Lipinski definition) is 7. The zero-order valence-corrected chi connectivity index (χ0v) is 19.6. The minimum Gasteiger partial charge on any atom is -0.492 e. The third-order valence-electron chi connectivity index (χ3n) is 4.58. The Hall–Kier alpha value is -3.17. The third kappa shape index (κ3) is 8.03. The van der Waals surface area contributed by atoms with E-state index < -0.39 is 18.6 Å². The van der Waals surface area contributed by atoms with Crippen LogP contribution in [0.1, 0.15) is 24.4 Å². The van der Waals surface area contributed by atoms with Crippen LogP contribution in [-0.2, 0) is 22.6 Å². The first kappa shape index (κ1) is 24.5. The maximum atomic E-state index is 12.2. The van der Waals surface area contributed by atoms with Crippen molar-refractivity contribution >= 4 is 33.6 Å². The minimum absolute atomic E-state index is 0.146. The van der Waals surface area contributed by atoms with Crippen LogP contribution in [0.5, 0.6) is 5.75 Å². The molecule has 1 aromatic heterocycles. The Morgan fingerprint density at radius 3 is 2.61 bits per heavy atom. The van der Waals surface area contributed by atoms with Gasteiger partial charge in [0.2, 0.25) is 0 Å². The van der Waals surface area contributed by atoms with Gasteiger partial charge < -0.3 is 19.9 Å². The fraction of sp³-hybridized carbons (Fsp3) is 0.375. The number of thiazole rings is 1. The summed E-state index contributed by atoms with van der Waals surface area (Å²) in [5.74, 6) is -0.213. The van der Waals surface area contributed by atoms with Crippen LogP contribution < -0.4 is 10.1 Å². The number of nitrogens with one attached hydrogen (secondary N) is 1. The zero-order chi connectivity index (χ0) is 23.6. The van der Waals surface area contributed by atoms with E-state index in [1.807, 2.05) is 44.2 Å². The molecule has 33 heavy (non-hydrogen) atoms. The maximum Gasteiger partial charge on any atom is 0.410 e. The quantitative estimate of drug-likeness (QED) is 0.383. The van der Waals surface area contributed by atoms with Crippen molar-refractivity contribution in [3.8, 4) is 5.75 Å². The molecule has 2 aromatic carbocycles. The van der Waals surface area contributed by atoms with Crippen molar-refractivity contribution in [1.82, 2.24) is 15.2 Å². The van der Waals surface area contributed by atoms with E-state index in [0.717, 1.165) is 16.1 Å². The number of hydrogen-bond donors (Lipinski definition) is 2. The summed E-state index contributed by atoms with van der Waals surface area (Å²) in [6.45, 7) is 5.67. The van der Waals surface area contributed by atoms with E-state index in [-0.39, 0.29) is 19.1 Å². The lowest BCUT2D eigenvalue weighted by Crippen LogP contribution is -2.36. The number of aromatic nitrogens is 1. The summed E-state index contributed by atoms with van der Waals surface area (Å²) in [6.07, 6.45) is -0.634. The molecular formula is C24H29N3O5S. The van der Waals surface area contributed by atoms with Crippen molar-refractivity contribution in [3.05, 3.63) is 59.1 Å². The van der Waals surface area contributed by atoms with Crippen LogP contribution in [0.2, 0.25) is 0 Å². The van der Waals surface area contributed by atoms with E-state index in [0.29, 0.717) is 25.4 Å². The maximum absolute atomic E-state index is 12.2. The second-order valence-electron chi connectivity index (χ2n) is 7.97. The molecule has 176 valence electrons. The summed E-state index contributed by atoms with van der Waals surface area (Å²) >= 11 is 1.68. The Bertz CT molecular complexity index is 1020. The molecule has 0 saturated carbocycles. The van der Waals surface area contributed by atoms with Crippen LogP contribution in [-0.4, -0.2) is 53.4 Å². The first-order valence-electron chi connectivity index (χ1n) is 10.8. The molecule has 2 N–H and O–H groups in total. The van der Waals surface area contributed by atoms with E-state index in [1.165, 1.54) is 9.60 Å². The van der Waals surface area contributed by atoms with Gasteiger partial charge in [0.25, 0.3) is 0 Å². The molecule has 0 radical (unpaired) electrons. The van der Waals surface area contributed by atoms with Gasteiger partial charge in [-0.15, -0.1) is 11.3 Å². The first-order chi connectivity index (χ1) is 15.9. The molecule has 3 rings (SSSR count). The lowest BCUT2D eigenvalue weighted by atomic mass is 10.2. The number of benzene rings is 2. The van der Waals surface area contributed by atoms with Gasteiger partial charge in [-0.2, -0.15) is 0 Å². The van der Waals surface area contributed by atoms with Crippen molar-refractivity contribution in [2.45, 2.75) is 26.9 Å². The lowest BCUT2D eigenvalue weighted by Gasteiger charge is -2.21. The largest absolute Gasteiger partial charge is 0.492 e. The number of carbonyl (C=O) groups excluding carboxylic acids is 1. The predicted octanol–water partition coefficient (Wildman–Crippen LogP) is 4.14. The summed E-state index contributed by atoms with van der Waals surface area (Å²) < 4.78 is 12.1. The van der Waals surface area contributed by atoms with E-state index in [2.05, 4.69) is 16.4 Å². The van der Waals surface area contributed by atoms with Gasteiger partial charge in [0, 0.05) is 19.6 Å². The molecule has 1 amide bonds. The normalized spacial score (nSPS) is 11.0. The highest BCUT2D eigenvalue weighted by Gasteiger charge is 2.19. The van der Waals surface area contributed by atoms with Crippen LogP contribution in [0, 0.1) is 5.92 Å². The van der Waals surface area contributed by atoms with Gasteiger partial charge in [-0.25, -0.2) is 9.78 Å². The molecule has 0 bridgehead atoms. The Kier molecular flexibility index (Phi) is 9.03. The van der Waals surface area contributed by atoms with E-state index in [4.69, 9.17) is 14.6 Å². The van der Waals surface area contributed by atoms with Gasteiger partial charge >= 0.3 is 12.1 Å². The number of ether oxygens (including phenoxy) is 2. The zero-order valence-electron chi connectivity index (χ0n) is 18.8. The van der Waals surface area contributed by atoms with Gasteiger partial charge in [0.05, 0.1) is 16.8 Å². The summed E-state index contributed by atoms with van der Waals surface area (Å²) in [7, 11) is 0. The average Bonchev–Trinajstić information content (AvgIpc) is 3.20. The SMILES string of the molecule is CC(C)COC(=O)N(CC(=O)O)Cc1ccc(OCCNCc2nc3ccccc3s2)cc1. The number of fused-ring (bicyclic) bond motifs is 1. The molecule has 3 aromatic rings. The monoisotopic (exact) mass is 471 g/mol. The van der Waals surface area contributed by atoms with E-state index in [1.54, 1.807) is 23.5 Å². The van der Waals surface area contributed by atoms with Gasteiger partial charge in [-0.3, -0.25) is 9.69 Å². The number of nitrogens with zero attached hydrogens (tertiary/aromatic N) is 2. The Morgan fingerprint density at radius 1 is 1.15 bits per heavy atom. The van der Waals surface area contributed by atoms with Crippen LogP contribution in [0.25, 0.3) is 10.2 Å². The van der Waals surface area contributed by atoms with E-state index >= 15 is 0 Å². The Balaban J connectivity index is 1.42. The minimum atomic E-state index is -1.09. The number of carboxylic acid groups (broad SMARTS) is 1. The third-order valence-corrected chi connectivity index (χ3v) is 5.62. The summed E-state index contributed by atoms with van der Waals surface area (Å²) in [5, 5.41) is 13.5. The van der Waals surface area contributed by atoms with Crippen LogP contribution >= 0.6 is 11.3 Å². The van der Waals surface area contributed by atoms with Crippen molar-refractivity contribution in [2.75, 3.05) is 26.3 Å². The molecule has 0 saturated heterocycles. The highest BCUT2D eigenvalue weighted by molar-refractivity contribution is 7.18. The van der Waals surface area contributed by atoms with E-state index in [9.17, 15) is 9.59 Å². The average molecular weight is 472 g/mol. The number of para-hydroxylation sites is 1. The Labute approximate surface area is 197 Å². The smallest absolute Gasteiger partial charge is 0.410 e. The number of carboxylic acids is 1. The molecule has 9 heteroatoms. The van der Waals surface area contributed by atoms with Crippen LogP contribution in [0.15, 0.2) is 48.5 Å². The van der Waals surface area contributed by atoms with Crippen molar-refractivity contribution < 1.29 is 24.2 Å². The molecule has 0 spiro atoms. The summed E-state index contributed by atoms with van der Waals surface area (Å²) in [6, 6.07) is 15.3. The first-order valence-corrected chi connectivity index (χ1v) is 11.6. The highest BCUT2D eigenvalue weighted by Crippen LogP contribution is 2.21. The molecule has 0 aliphatic carbocycles. The summed E-state index contributed by atoms with van der Waals surface area (Å²) in [5.41, 5.74) is 1.81. The Morgan fingerprint density at radius 2 is 1.91 bits per heavy atom. The van der Waals surface area contributed by atoms with Gasteiger partial charge in [0.1, 0.15) is 23.9 Å². The standard InChI is InChI=1S/C24H29N3O5S/c1-17(2)16-32-24(30)27(15-23(28)29)14-18-7-9-19(10-8-18)31-12-11-25-13-22-26-20-5-3-4-6-21(20)33-22/h3-10,17,25H,11-16H2,1-2H3,(H,28,29). The fourth-order valence-corrected chi connectivity index (χ4v) is 3.96. The number of aliphatic carboxylic acids is 1. The van der Waals surface area contributed by atoms with Gasteiger partial charge in [-0.1, -0.05) is 38.1 Å². The van der Waals surface area contributed by atoms with Crippen molar-refractivity contribution in [2.24, 2.45) is 5.92 Å². The molecule has 0 atom stereocenters. The second-order valence-corrected chi connectivity index (χ2v) is 9.08. The molecule has 0 aliphatic heterocycles. The molecule has 0 unspecified atom stereocenters. The highest BCUT2D eigenvalue weighted by atomic mass is 32.1. The van der Waals surface area contributed by atoms with Crippen LogP contribution in [0.3, 0.4) is 0 Å². The number of amides is 1. The van der Waals surface area contributed by atoms with Crippen molar-refractivity contribution in [1.29, 1.82) is 0 Å². The van der Waals surface area contributed by atoms with Gasteiger partial charge in [-0.05, 0) is 35.7 Å². The molecule has 8 nitrogen and oxygen atoms in total. The lowest BCUT2D eigenvalue weighted by molar-refractivity contribution is -0.138. The molecule has 0 fully saturated rings. The molecular weight excluding hydrogens is 442 g/mol. The van der Waals surface area contributed by atoms with Crippen LogP contribution in [0.4, 0.5) is 4.79 Å².